The van der Waals surface area contributed by atoms with E-state index in [0.717, 1.165) is 5.56 Å². The van der Waals surface area contributed by atoms with Gasteiger partial charge in [-0.3, -0.25) is 4.79 Å². The van der Waals surface area contributed by atoms with E-state index in [-0.39, 0.29) is 5.56 Å². The number of hydrogen-bond donors (Lipinski definition) is 1. The van der Waals surface area contributed by atoms with Gasteiger partial charge in [-0.15, -0.1) is 0 Å². The quantitative estimate of drug-likeness (QED) is 0.878. The van der Waals surface area contributed by atoms with Crippen molar-refractivity contribution in [1.29, 1.82) is 0 Å². The zero-order chi connectivity index (χ0) is 11.4. The molecule has 0 saturated carbocycles. The zero-order valence-electron chi connectivity index (χ0n) is 8.44. The molecule has 1 aromatic carbocycles. The van der Waals surface area contributed by atoms with E-state index in [2.05, 4.69) is 20.9 Å². The summed E-state index contributed by atoms with van der Waals surface area (Å²) in [5.41, 5.74) is 0.886. The van der Waals surface area contributed by atoms with E-state index in [4.69, 9.17) is 4.74 Å². The molecule has 82 valence electrons. The Labute approximate surface area is 101 Å². The van der Waals surface area contributed by atoms with E-state index < -0.39 is 0 Å². The van der Waals surface area contributed by atoms with Crippen LogP contribution in [0.1, 0.15) is 5.56 Å². The van der Waals surface area contributed by atoms with Gasteiger partial charge in [0.15, 0.2) is 0 Å². The molecule has 0 atom stereocenters. The van der Waals surface area contributed by atoms with Crippen LogP contribution in [0.25, 0.3) is 0 Å². The predicted molar refractivity (Wildman–Crippen MR) is 65.5 cm³/mol. The summed E-state index contributed by atoms with van der Waals surface area (Å²) in [6.07, 6.45) is 0. The number of ether oxygens (including phenoxy) is 1. The Balaban J connectivity index is 2.08. The standard InChI is InChI=1S/C12H10BrNO2/c13-11-6-10(7-12(15)14-11)16-8-9-4-2-1-3-5-9/h1-7H,8H2,(H,14,15). The van der Waals surface area contributed by atoms with Gasteiger partial charge in [0.1, 0.15) is 12.4 Å². The Morgan fingerprint density at radius 1 is 1.19 bits per heavy atom. The molecule has 0 unspecified atom stereocenters. The van der Waals surface area contributed by atoms with Gasteiger partial charge in [-0.05, 0) is 21.5 Å². The molecule has 1 aromatic heterocycles. The summed E-state index contributed by atoms with van der Waals surface area (Å²) in [5, 5.41) is 0. The highest BCUT2D eigenvalue weighted by Gasteiger charge is 1.98. The van der Waals surface area contributed by atoms with Crippen LogP contribution in [0.4, 0.5) is 0 Å². The fraction of sp³-hybridized carbons (Fsp3) is 0.0833. The number of benzene rings is 1. The lowest BCUT2D eigenvalue weighted by Crippen LogP contribution is -2.05. The number of rotatable bonds is 3. The molecule has 0 bridgehead atoms. The first kappa shape index (κ1) is 11.0. The van der Waals surface area contributed by atoms with Gasteiger partial charge < -0.3 is 9.72 Å². The van der Waals surface area contributed by atoms with Crippen molar-refractivity contribution in [2.45, 2.75) is 6.61 Å². The molecule has 0 fully saturated rings. The molecule has 3 nitrogen and oxygen atoms in total. The Morgan fingerprint density at radius 2 is 1.94 bits per heavy atom. The monoisotopic (exact) mass is 279 g/mol. The van der Waals surface area contributed by atoms with Gasteiger partial charge >= 0.3 is 0 Å². The third-order valence-electron chi connectivity index (χ3n) is 2.03. The molecule has 2 rings (SSSR count). The van der Waals surface area contributed by atoms with Crippen molar-refractivity contribution in [2.75, 3.05) is 0 Å². The molecule has 16 heavy (non-hydrogen) atoms. The van der Waals surface area contributed by atoms with E-state index in [1.54, 1.807) is 6.07 Å². The van der Waals surface area contributed by atoms with Gasteiger partial charge in [-0.25, -0.2) is 0 Å². The van der Waals surface area contributed by atoms with Gasteiger partial charge in [0.05, 0.1) is 4.60 Å². The topological polar surface area (TPSA) is 42.1 Å². The normalized spacial score (nSPS) is 10.1. The molecule has 0 aliphatic heterocycles. The highest BCUT2D eigenvalue weighted by atomic mass is 79.9. The van der Waals surface area contributed by atoms with Crippen molar-refractivity contribution in [3.63, 3.8) is 0 Å². The molecular weight excluding hydrogens is 270 g/mol. The van der Waals surface area contributed by atoms with E-state index in [9.17, 15) is 4.79 Å². The van der Waals surface area contributed by atoms with Crippen LogP contribution in [0, 0.1) is 0 Å². The number of aromatic nitrogens is 1. The molecule has 1 N–H and O–H groups in total. The minimum absolute atomic E-state index is 0.183. The molecular formula is C12H10BrNO2. The second kappa shape index (κ2) is 4.99. The zero-order valence-corrected chi connectivity index (χ0v) is 10.0. The van der Waals surface area contributed by atoms with Crippen LogP contribution in [-0.2, 0) is 6.61 Å². The van der Waals surface area contributed by atoms with Gasteiger partial charge in [0.2, 0.25) is 0 Å². The molecule has 1 heterocycles. The minimum atomic E-state index is -0.183. The van der Waals surface area contributed by atoms with Crippen molar-refractivity contribution in [3.05, 3.63) is 63.0 Å². The van der Waals surface area contributed by atoms with Crippen molar-refractivity contribution in [1.82, 2.24) is 4.98 Å². The van der Waals surface area contributed by atoms with Gasteiger partial charge in [0, 0.05) is 12.1 Å². The van der Waals surface area contributed by atoms with Crippen LogP contribution >= 0.6 is 15.9 Å². The SMILES string of the molecule is O=c1cc(OCc2ccccc2)cc(Br)[nH]1. The lowest BCUT2D eigenvalue weighted by molar-refractivity contribution is 0.305. The van der Waals surface area contributed by atoms with E-state index in [0.29, 0.717) is 17.0 Å². The summed E-state index contributed by atoms with van der Waals surface area (Å²) >= 11 is 3.20. The highest BCUT2D eigenvalue weighted by molar-refractivity contribution is 9.10. The van der Waals surface area contributed by atoms with Crippen molar-refractivity contribution in [2.24, 2.45) is 0 Å². The molecule has 0 spiro atoms. The maximum absolute atomic E-state index is 11.2. The molecule has 4 heteroatoms. The molecule has 0 aliphatic rings. The third kappa shape index (κ3) is 2.97. The number of hydrogen-bond acceptors (Lipinski definition) is 2. The Kier molecular flexibility index (Phi) is 3.41. The minimum Gasteiger partial charge on any atom is -0.489 e. The second-order valence-electron chi connectivity index (χ2n) is 3.30. The van der Waals surface area contributed by atoms with Crippen molar-refractivity contribution in [3.8, 4) is 5.75 Å². The third-order valence-corrected chi connectivity index (χ3v) is 2.46. The van der Waals surface area contributed by atoms with Crippen LogP contribution < -0.4 is 10.3 Å². The molecule has 0 saturated heterocycles. The maximum atomic E-state index is 11.2. The predicted octanol–water partition coefficient (Wildman–Crippen LogP) is 2.72. The lowest BCUT2D eigenvalue weighted by Gasteiger charge is -2.05. The Bertz CT molecular complexity index is 522. The molecule has 2 aromatic rings. The number of H-pyrrole nitrogens is 1. The summed E-state index contributed by atoms with van der Waals surface area (Å²) in [6.45, 7) is 0.455. The fourth-order valence-corrected chi connectivity index (χ4v) is 1.73. The van der Waals surface area contributed by atoms with E-state index >= 15 is 0 Å². The number of aromatic amines is 1. The summed E-state index contributed by atoms with van der Waals surface area (Å²) in [6, 6.07) is 13.0. The number of nitrogens with one attached hydrogen (secondary N) is 1. The van der Waals surface area contributed by atoms with Crippen LogP contribution in [0.3, 0.4) is 0 Å². The fourth-order valence-electron chi connectivity index (χ4n) is 1.31. The van der Waals surface area contributed by atoms with Crippen LogP contribution in [-0.4, -0.2) is 4.98 Å². The maximum Gasteiger partial charge on any atom is 0.252 e. The van der Waals surface area contributed by atoms with Gasteiger partial charge in [-0.1, -0.05) is 30.3 Å². The Morgan fingerprint density at radius 3 is 2.62 bits per heavy atom. The summed E-state index contributed by atoms with van der Waals surface area (Å²) in [4.78, 5) is 13.7. The first-order chi connectivity index (χ1) is 7.74. The summed E-state index contributed by atoms with van der Waals surface area (Å²) in [5.74, 6) is 0.555. The Hall–Kier alpha value is -1.55. The first-order valence-electron chi connectivity index (χ1n) is 4.80. The van der Waals surface area contributed by atoms with E-state index in [1.165, 1.54) is 6.07 Å². The molecule has 0 amide bonds. The average Bonchev–Trinajstić information content (AvgIpc) is 2.27. The van der Waals surface area contributed by atoms with Crippen LogP contribution in [0.2, 0.25) is 0 Å². The first-order valence-corrected chi connectivity index (χ1v) is 5.60. The van der Waals surface area contributed by atoms with E-state index in [1.807, 2.05) is 30.3 Å². The highest BCUT2D eigenvalue weighted by Crippen LogP contribution is 2.14. The second-order valence-corrected chi connectivity index (χ2v) is 4.16. The van der Waals surface area contributed by atoms with Gasteiger partial charge in [-0.2, -0.15) is 0 Å². The lowest BCUT2D eigenvalue weighted by atomic mass is 10.2. The summed E-state index contributed by atoms with van der Waals surface area (Å²) < 4.78 is 6.12. The molecule has 0 aliphatic carbocycles. The van der Waals surface area contributed by atoms with Gasteiger partial charge in [0.25, 0.3) is 5.56 Å². The number of halogens is 1. The largest absolute Gasteiger partial charge is 0.489 e. The average molecular weight is 280 g/mol. The smallest absolute Gasteiger partial charge is 0.252 e. The number of pyridine rings is 1. The van der Waals surface area contributed by atoms with Crippen LogP contribution in [0.15, 0.2) is 51.9 Å². The van der Waals surface area contributed by atoms with Crippen molar-refractivity contribution < 1.29 is 4.74 Å². The van der Waals surface area contributed by atoms with Crippen LogP contribution in [0.5, 0.6) is 5.75 Å². The van der Waals surface area contributed by atoms with Crippen molar-refractivity contribution >= 4 is 15.9 Å². The molecule has 0 radical (unpaired) electrons. The summed E-state index contributed by atoms with van der Waals surface area (Å²) in [7, 11) is 0.